The molecular formula is C18H20N2O4. The molecule has 0 bridgehead atoms. The first-order chi connectivity index (χ1) is 11.7. The van der Waals surface area contributed by atoms with Gasteiger partial charge in [0.1, 0.15) is 13.2 Å². The number of benzene rings is 2. The zero-order valence-corrected chi connectivity index (χ0v) is 13.2. The normalized spacial score (nSPS) is 9.83. The fourth-order valence-corrected chi connectivity index (χ4v) is 1.88. The maximum absolute atomic E-state index is 11.5. The number of ether oxygens (including phenoxy) is 2. The monoisotopic (exact) mass is 328 g/mol. The Morgan fingerprint density at radius 1 is 0.667 bits per heavy atom. The van der Waals surface area contributed by atoms with Crippen LogP contribution in [0.25, 0.3) is 0 Å². The van der Waals surface area contributed by atoms with Crippen molar-refractivity contribution in [1.29, 1.82) is 0 Å². The molecule has 0 radical (unpaired) electrons. The van der Waals surface area contributed by atoms with Crippen molar-refractivity contribution in [3.63, 3.8) is 0 Å². The molecule has 2 amide bonds. The van der Waals surface area contributed by atoms with E-state index < -0.39 is 12.2 Å². The van der Waals surface area contributed by atoms with Crippen LogP contribution in [-0.4, -0.2) is 25.3 Å². The molecule has 0 fully saturated rings. The topological polar surface area (TPSA) is 76.7 Å². The summed E-state index contributed by atoms with van der Waals surface area (Å²) in [5, 5.41) is 5.10. The Hall–Kier alpha value is -3.02. The highest BCUT2D eigenvalue weighted by molar-refractivity contribution is 5.68. The molecule has 0 atom stereocenters. The van der Waals surface area contributed by atoms with Crippen LogP contribution in [-0.2, 0) is 22.7 Å². The van der Waals surface area contributed by atoms with Gasteiger partial charge in [-0.25, -0.2) is 9.59 Å². The molecule has 2 N–H and O–H groups in total. The van der Waals surface area contributed by atoms with Crippen LogP contribution < -0.4 is 10.6 Å². The lowest BCUT2D eigenvalue weighted by Gasteiger charge is -2.09. The highest BCUT2D eigenvalue weighted by atomic mass is 16.6. The number of hydrogen-bond acceptors (Lipinski definition) is 4. The van der Waals surface area contributed by atoms with Crippen molar-refractivity contribution in [3.05, 3.63) is 71.8 Å². The summed E-state index contributed by atoms with van der Waals surface area (Å²) in [6.07, 6.45) is -1.06. The van der Waals surface area contributed by atoms with Crippen LogP contribution in [0.1, 0.15) is 11.1 Å². The van der Waals surface area contributed by atoms with E-state index in [0.29, 0.717) is 0 Å². The second-order valence-corrected chi connectivity index (χ2v) is 4.98. The van der Waals surface area contributed by atoms with Crippen LogP contribution in [0.2, 0.25) is 0 Å². The molecule has 2 rings (SSSR count). The number of carbonyl (C=O) groups is 2. The zero-order valence-electron chi connectivity index (χ0n) is 13.2. The van der Waals surface area contributed by atoms with Gasteiger partial charge in [-0.2, -0.15) is 0 Å². The smallest absolute Gasteiger partial charge is 0.407 e. The van der Waals surface area contributed by atoms with Gasteiger partial charge in [-0.1, -0.05) is 60.7 Å². The molecule has 0 aliphatic carbocycles. The van der Waals surface area contributed by atoms with Crippen LogP contribution in [0.4, 0.5) is 9.59 Å². The molecule has 2 aromatic carbocycles. The molecule has 6 heteroatoms. The molecule has 0 saturated carbocycles. The third kappa shape index (κ3) is 6.83. The fraction of sp³-hybridized carbons (Fsp3) is 0.222. The first-order valence-corrected chi connectivity index (χ1v) is 7.63. The van der Waals surface area contributed by atoms with Crippen LogP contribution >= 0.6 is 0 Å². The van der Waals surface area contributed by atoms with E-state index in [1.807, 2.05) is 60.7 Å². The Labute approximate surface area is 140 Å². The highest BCUT2D eigenvalue weighted by Gasteiger charge is 2.04. The van der Waals surface area contributed by atoms with Crippen LogP contribution in [0.3, 0.4) is 0 Å². The molecule has 0 saturated heterocycles. The van der Waals surface area contributed by atoms with E-state index in [2.05, 4.69) is 10.6 Å². The summed E-state index contributed by atoms with van der Waals surface area (Å²) in [5.74, 6) is 0. The summed E-state index contributed by atoms with van der Waals surface area (Å²) in [6.45, 7) is 0.931. The number of hydrogen-bond donors (Lipinski definition) is 2. The number of amides is 2. The fourth-order valence-electron chi connectivity index (χ4n) is 1.88. The average molecular weight is 328 g/mol. The van der Waals surface area contributed by atoms with Crippen molar-refractivity contribution in [2.45, 2.75) is 13.2 Å². The molecule has 126 valence electrons. The van der Waals surface area contributed by atoms with Crippen molar-refractivity contribution in [2.75, 3.05) is 13.1 Å². The standard InChI is InChI=1S/C18H20N2O4/c21-17(23-13-15-7-3-1-4-8-15)19-11-12-20-18(22)24-14-16-9-5-2-6-10-16/h1-10H,11-14H2,(H,19,21)(H,20,22). The molecule has 0 heterocycles. The Morgan fingerprint density at radius 3 is 1.42 bits per heavy atom. The number of rotatable bonds is 7. The lowest BCUT2D eigenvalue weighted by molar-refractivity contribution is 0.135. The average Bonchev–Trinajstić information content (AvgIpc) is 2.63. The number of nitrogens with one attached hydrogen (secondary N) is 2. The van der Waals surface area contributed by atoms with E-state index in [1.165, 1.54) is 0 Å². The maximum Gasteiger partial charge on any atom is 0.407 e. The lowest BCUT2D eigenvalue weighted by atomic mass is 10.2. The number of carbonyl (C=O) groups excluding carboxylic acids is 2. The van der Waals surface area contributed by atoms with Gasteiger partial charge in [-0.3, -0.25) is 0 Å². The van der Waals surface area contributed by atoms with E-state index in [0.717, 1.165) is 11.1 Å². The van der Waals surface area contributed by atoms with Crippen molar-refractivity contribution in [1.82, 2.24) is 10.6 Å². The van der Waals surface area contributed by atoms with Gasteiger partial charge in [0.15, 0.2) is 0 Å². The molecule has 0 aromatic heterocycles. The summed E-state index contributed by atoms with van der Waals surface area (Å²) >= 11 is 0. The summed E-state index contributed by atoms with van der Waals surface area (Å²) in [4.78, 5) is 23.0. The van der Waals surface area contributed by atoms with Gasteiger partial charge in [-0.05, 0) is 11.1 Å². The minimum absolute atomic E-state index is 0.208. The third-order valence-corrected chi connectivity index (χ3v) is 3.09. The van der Waals surface area contributed by atoms with E-state index in [9.17, 15) is 9.59 Å². The van der Waals surface area contributed by atoms with Gasteiger partial charge < -0.3 is 20.1 Å². The van der Waals surface area contributed by atoms with Gasteiger partial charge >= 0.3 is 12.2 Å². The Bertz CT molecular complexity index is 574. The Morgan fingerprint density at radius 2 is 1.04 bits per heavy atom. The van der Waals surface area contributed by atoms with Crippen LogP contribution in [0.5, 0.6) is 0 Å². The van der Waals surface area contributed by atoms with Gasteiger partial charge in [0.25, 0.3) is 0 Å². The first kappa shape index (κ1) is 17.3. The second-order valence-electron chi connectivity index (χ2n) is 4.98. The van der Waals surface area contributed by atoms with Gasteiger partial charge in [0, 0.05) is 13.1 Å². The second kappa shape index (κ2) is 9.89. The maximum atomic E-state index is 11.5. The van der Waals surface area contributed by atoms with E-state index in [4.69, 9.17) is 9.47 Å². The SMILES string of the molecule is O=C(NCCNC(=O)OCc1ccccc1)OCc1ccccc1. The van der Waals surface area contributed by atoms with Crippen molar-refractivity contribution in [2.24, 2.45) is 0 Å². The van der Waals surface area contributed by atoms with Gasteiger partial charge in [-0.15, -0.1) is 0 Å². The van der Waals surface area contributed by atoms with Gasteiger partial charge in [0.05, 0.1) is 0 Å². The van der Waals surface area contributed by atoms with E-state index in [-0.39, 0.29) is 26.3 Å². The molecule has 0 aliphatic rings. The minimum atomic E-state index is -0.529. The molecule has 0 spiro atoms. The molecule has 6 nitrogen and oxygen atoms in total. The molecular weight excluding hydrogens is 308 g/mol. The van der Waals surface area contributed by atoms with E-state index in [1.54, 1.807) is 0 Å². The number of alkyl carbamates (subject to hydrolysis) is 2. The van der Waals surface area contributed by atoms with Gasteiger partial charge in [0.2, 0.25) is 0 Å². The Kier molecular flexibility index (Phi) is 7.14. The zero-order chi connectivity index (χ0) is 17.0. The predicted molar refractivity (Wildman–Crippen MR) is 89.3 cm³/mol. The summed E-state index contributed by atoms with van der Waals surface area (Å²) in [5.41, 5.74) is 1.82. The van der Waals surface area contributed by atoms with Crippen LogP contribution in [0, 0.1) is 0 Å². The summed E-state index contributed by atoms with van der Waals surface area (Å²) in [7, 11) is 0. The molecule has 24 heavy (non-hydrogen) atoms. The lowest BCUT2D eigenvalue weighted by Crippen LogP contribution is -2.35. The van der Waals surface area contributed by atoms with Crippen molar-refractivity contribution < 1.29 is 19.1 Å². The van der Waals surface area contributed by atoms with Crippen LogP contribution in [0.15, 0.2) is 60.7 Å². The predicted octanol–water partition coefficient (Wildman–Crippen LogP) is 2.84. The van der Waals surface area contributed by atoms with Crippen molar-refractivity contribution >= 4 is 12.2 Å². The Balaban J connectivity index is 1.52. The molecule has 0 unspecified atom stereocenters. The van der Waals surface area contributed by atoms with E-state index >= 15 is 0 Å². The third-order valence-electron chi connectivity index (χ3n) is 3.09. The molecule has 2 aromatic rings. The first-order valence-electron chi connectivity index (χ1n) is 7.63. The van der Waals surface area contributed by atoms with Crippen molar-refractivity contribution in [3.8, 4) is 0 Å². The molecule has 0 aliphatic heterocycles. The summed E-state index contributed by atoms with van der Waals surface area (Å²) < 4.78 is 10.1. The highest BCUT2D eigenvalue weighted by Crippen LogP contribution is 2.01. The minimum Gasteiger partial charge on any atom is -0.445 e. The quantitative estimate of drug-likeness (QED) is 0.766. The summed E-state index contributed by atoms with van der Waals surface area (Å²) in [6, 6.07) is 18.8. The largest absolute Gasteiger partial charge is 0.445 e.